The van der Waals surface area contributed by atoms with E-state index in [1.165, 1.54) is 6.42 Å². The van der Waals surface area contributed by atoms with Crippen LogP contribution < -0.4 is 0 Å². The van der Waals surface area contributed by atoms with E-state index in [-0.39, 0.29) is 6.42 Å². The molecule has 1 aromatic heterocycles. The van der Waals surface area contributed by atoms with Gasteiger partial charge in [-0.15, -0.1) is 0 Å². The van der Waals surface area contributed by atoms with Gasteiger partial charge in [0.05, 0.1) is 4.47 Å². The third-order valence-corrected chi connectivity index (χ3v) is 3.19. The first-order valence-corrected chi connectivity index (χ1v) is 5.46. The number of hydrogen-bond donors (Lipinski definition) is 1. The summed E-state index contributed by atoms with van der Waals surface area (Å²) in [6, 6.07) is 1.77. The number of carboxylic acid groups (broad SMARTS) is 1. The minimum atomic E-state index is -0.855. The quantitative estimate of drug-likeness (QED) is 0.907. The molecular formula is C10H11BrO3. The predicted molar refractivity (Wildman–Crippen MR) is 54.3 cm³/mol. The Labute approximate surface area is 90.2 Å². The van der Waals surface area contributed by atoms with Crippen LogP contribution in [0.25, 0.3) is 0 Å². The SMILES string of the molecule is O=C(O)Cc1cc(Br)c(C2CCC2)o1. The first-order chi connectivity index (χ1) is 6.66. The van der Waals surface area contributed by atoms with Gasteiger partial charge in [0.2, 0.25) is 0 Å². The Morgan fingerprint density at radius 2 is 2.36 bits per heavy atom. The Morgan fingerprint density at radius 1 is 1.64 bits per heavy atom. The molecule has 0 saturated heterocycles. The molecule has 1 heterocycles. The number of rotatable bonds is 3. The Bertz CT molecular complexity index is 352. The highest BCUT2D eigenvalue weighted by Gasteiger charge is 2.25. The van der Waals surface area contributed by atoms with Gasteiger partial charge >= 0.3 is 5.97 Å². The molecule has 3 nitrogen and oxygen atoms in total. The van der Waals surface area contributed by atoms with E-state index >= 15 is 0 Å². The highest BCUT2D eigenvalue weighted by Crippen LogP contribution is 2.41. The summed E-state index contributed by atoms with van der Waals surface area (Å²) in [6.07, 6.45) is 3.51. The van der Waals surface area contributed by atoms with E-state index in [9.17, 15) is 4.79 Å². The lowest BCUT2D eigenvalue weighted by molar-refractivity contribution is -0.136. The largest absolute Gasteiger partial charge is 0.481 e. The summed E-state index contributed by atoms with van der Waals surface area (Å²) in [6.45, 7) is 0. The van der Waals surface area contributed by atoms with Crippen LogP contribution >= 0.6 is 15.9 Å². The molecule has 4 heteroatoms. The maximum absolute atomic E-state index is 10.5. The molecular weight excluding hydrogens is 248 g/mol. The Hall–Kier alpha value is -0.770. The maximum Gasteiger partial charge on any atom is 0.311 e. The molecule has 1 saturated carbocycles. The molecule has 2 rings (SSSR count). The molecule has 1 fully saturated rings. The third kappa shape index (κ3) is 1.85. The normalized spacial score (nSPS) is 16.6. The maximum atomic E-state index is 10.5. The molecule has 0 amide bonds. The summed E-state index contributed by atoms with van der Waals surface area (Å²) < 4.78 is 6.42. The van der Waals surface area contributed by atoms with Crippen molar-refractivity contribution in [2.45, 2.75) is 31.6 Å². The van der Waals surface area contributed by atoms with Gasteiger partial charge in [-0.05, 0) is 34.8 Å². The summed E-state index contributed by atoms with van der Waals surface area (Å²) in [7, 11) is 0. The smallest absolute Gasteiger partial charge is 0.311 e. The van der Waals surface area contributed by atoms with Gasteiger partial charge in [-0.1, -0.05) is 6.42 Å². The van der Waals surface area contributed by atoms with Gasteiger partial charge in [0, 0.05) is 5.92 Å². The first kappa shape index (κ1) is 9.77. The van der Waals surface area contributed by atoms with Crippen molar-refractivity contribution in [2.24, 2.45) is 0 Å². The number of aliphatic carboxylic acids is 1. The minimum Gasteiger partial charge on any atom is -0.481 e. The zero-order valence-corrected chi connectivity index (χ0v) is 9.21. The van der Waals surface area contributed by atoms with E-state index in [0.717, 1.165) is 23.1 Å². The predicted octanol–water partition coefficient (Wildman–Crippen LogP) is 2.94. The van der Waals surface area contributed by atoms with Gasteiger partial charge in [-0.2, -0.15) is 0 Å². The van der Waals surface area contributed by atoms with Crippen molar-refractivity contribution >= 4 is 21.9 Å². The number of carbonyl (C=O) groups is 1. The van der Waals surface area contributed by atoms with Crippen LogP contribution in [0.5, 0.6) is 0 Å². The van der Waals surface area contributed by atoms with Crippen LogP contribution in [0.3, 0.4) is 0 Å². The average molecular weight is 259 g/mol. The second kappa shape index (κ2) is 3.77. The lowest BCUT2D eigenvalue weighted by Gasteiger charge is -2.23. The topological polar surface area (TPSA) is 50.4 Å². The number of carboxylic acids is 1. The second-order valence-electron chi connectivity index (χ2n) is 3.62. The summed E-state index contributed by atoms with van der Waals surface area (Å²) in [5.41, 5.74) is 0. The summed E-state index contributed by atoms with van der Waals surface area (Å²) >= 11 is 3.40. The monoisotopic (exact) mass is 258 g/mol. The zero-order valence-electron chi connectivity index (χ0n) is 7.62. The minimum absolute atomic E-state index is 0.0364. The van der Waals surface area contributed by atoms with Crippen molar-refractivity contribution in [3.8, 4) is 0 Å². The van der Waals surface area contributed by atoms with Crippen LogP contribution in [0.2, 0.25) is 0 Å². The molecule has 0 aliphatic heterocycles. The number of furan rings is 1. The molecule has 1 N–H and O–H groups in total. The fourth-order valence-electron chi connectivity index (χ4n) is 1.62. The molecule has 14 heavy (non-hydrogen) atoms. The first-order valence-electron chi connectivity index (χ1n) is 4.66. The Kier molecular flexibility index (Phi) is 2.63. The van der Waals surface area contributed by atoms with Crippen molar-refractivity contribution in [1.82, 2.24) is 0 Å². The highest BCUT2D eigenvalue weighted by atomic mass is 79.9. The summed E-state index contributed by atoms with van der Waals surface area (Å²) in [4.78, 5) is 10.5. The fourth-order valence-corrected chi connectivity index (χ4v) is 2.28. The van der Waals surface area contributed by atoms with Gasteiger partial charge in [0.25, 0.3) is 0 Å². The molecule has 0 atom stereocenters. The molecule has 1 aromatic rings. The molecule has 0 spiro atoms. The van der Waals surface area contributed by atoms with Crippen molar-refractivity contribution < 1.29 is 14.3 Å². The molecule has 76 valence electrons. The molecule has 0 unspecified atom stereocenters. The molecule has 0 aromatic carbocycles. The second-order valence-corrected chi connectivity index (χ2v) is 4.48. The van der Waals surface area contributed by atoms with E-state index in [0.29, 0.717) is 11.7 Å². The van der Waals surface area contributed by atoms with Crippen LogP contribution in [0.1, 0.15) is 36.7 Å². The molecule has 1 aliphatic carbocycles. The van der Waals surface area contributed by atoms with Crippen LogP contribution in [0, 0.1) is 0 Å². The lowest BCUT2D eigenvalue weighted by Crippen LogP contribution is -2.08. The van der Waals surface area contributed by atoms with Crippen molar-refractivity contribution in [3.63, 3.8) is 0 Å². The Balaban J connectivity index is 2.16. The molecule has 0 bridgehead atoms. The Morgan fingerprint density at radius 3 is 2.86 bits per heavy atom. The molecule has 0 radical (unpaired) electrons. The van der Waals surface area contributed by atoms with Crippen LogP contribution in [0.15, 0.2) is 15.0 Å². The molecule has 1 aliphatic rings. The van der Waals surface area contributed by atoms with E-state index in [4.69, 9.17) is 9.52 Å². The number of halogens is 1. The summed E-state index contributed by atoms with van der Waals surface area (Å²) in [5.74, 6) is 1.09. The van der Waals surface area contributed by atoms with Crippen molar-refractivity contribution in [2.75, 3.05) is 0 Å². The number of hydrogen-bond acceptors (Lipinski definition) is 2. The fraction of sp³-hybridized carbons (Fsp3) is 0.500. The van der Waals surface area contributed by atoms with Crippen LogP contribution in [-0.2, 0) is 11.2 Å². The zero-order chi connectivity index (χ0) is 10.1. The van der Waals surface area contributed by atoms with Crippen molar-refractivity contribution in [1.29, 1.82) is 0 Å². The van der Waals surface area contributed by atoms with Gasteiger partial charge in [-0.25, -0.2) is 0 Å². The summed E-state index contributed by atoms with van der Waals surface area (Å²) in [5, 5.41) is 8.60. The standard InChI is InChI=1S/C10H11BrO3/c11-8-4-7(5-9(12)13)14-10(8)6-2-1-3-6/h4,6H,1-3,5H2,(H,12,13). The lowest BCUT2D eigenvalue weighted by atomic mass is 9.84. The van der Waals surface area contributed by atoms with Crippen LogP contribution in [0.4, 0.5) is 0 Å². The van der Waals surface area contributed by atoms with Crippen molar-refractivity contribution in [3.05, 3.63) is 22.1 Å². The van der Waals surface area contributed by atoms with Gasteiger partial charge in [0.15, 0.2) is 0 Å². The van der Waals surface area contributed by atoms with Gasteiger partial charge < -0.3 is 9.52 Å². The average Bonchev–Trinajstić information content (AvgIpc) is 2.27. The third-order valence-electron chi connectivity index (χ3n) is 2.57. The van der Waals surface area contributed by atoms with E-state index < -0.39 is 5.97 Å². The van der Waals surface area contributed by atoms with Gasteiger partial charge in [0.1, 0.15) is 17.9 Å². The highest BCUT2D eigenvalue weighted by molar-refractivity contribution is 9.10. The van der Waals surface area contributed by atoms with E-state index in [1.807, 2.05) is 0 Å². The van der Waals surface area contributed by atoms with Crippen LogP contribution in [-0.4, -0.2) is 11.1 Å². The van der Waals surface area contributed by atoms with E-state index in [1.54, 1.807) is 6.07 Å². The van der Waals surface area contributed by atoms with Gasteiger partial charge in [-0.3, -0.25) is 4.79 Å². The van der Waals surface area contributed by atoms with E-state index in [2.05, 4.69) is 15.9 Å².